The Morgan fingerprint density at radius 2 is 0.833 bits per heavy atom. The highest BCUT2D eigenvalue weighted by Crippen LogP contribution is 2.43. The van der Waals surface area contributed by atoms with Crippen molar-refractivity contribution in [3.05, 3.63) is 224 Å². The molecule has 0 bridgehead atoms. The lowest BCUT2D eigenvalue weighted by Gasteiger charge is -2.26. The molecule has 0 fully saturated rings. The van der Waals surface area contributed by atoms with Gasteiger partial charge in [0.05, 0.1) is 0 Å². The van der Waals surface area contributed by atoms with Crippen molar-refractivity contribution in [2.75, 3.05) is 4.90 Å². The van der Waals surface area contributed by atoms with Gasteiger partial charge in [-0.05, 0) is 138 Å². The largest absolute Gasteiger partial charge is 0.455 e. The van der Waals surface area contributed by atoms with Gasteiger partial charge in [-0.15, -0.1) is 0 Å². The smallest absolute Gasteiger partial charge is 0.143 e. The molecule has 11 aromatic carbocycles. The van der Waals surface area contributed by atoms with Crippen LogP contribution in [0.25, 0.3) is 98.4 Å². The molecule has 0 spiro atoms. The average Bonchev–Trinajstić information content (AvgIpc) is 3.71. The van der Waals surface area contributed by atoms with E-state index in [-0.39, 0.29) is 0 Å². The number of para-hydroxylation sites is 1. The lowest BCUT2D eigenvalue weighted by atomic mass is 9.89. The second kappa shape index (κ2) is 13.9. The summed E-state index contributed by atoms with van der Waals surface area (Å²) in [5.41, 5.74) is 12.4. The van der Waals surface area contributed by atoms with Crippen molar-refractivity contribution in [1.82, 2.24) is 0 Å². The fourth-order valence-corrected chi connectivity index (χ4v) is 9.30. The molecule has 1 heterocycles. The molecule has 0 aliphatic carbocycles. The maximum atomic E-state index is 6.45. The minimum absolute atomic E-state index is 0.910. The summed E-state index contributed by atoms with van der Waals surface area (Å²) in [6, 6.07) is 81.3. The third-order valence-electron chi connectivity index (χ3n) is 12.2. The number of hydrogen-bond donors (Lipinski definition) is 0. The average molecular weight is 764 g/mol. The van der Waals surface area contributed by atoms with Crippen LogP contribution in [0.2, 0.25) is 0 Å². The first-order valence-corrected chi connectivity index (χ1v) is 20.6. The number of fused-ring (bicyclic) bond motifs is 9. The van der Waals surface area contributed by atoms with Gasteiger partial charge in [-0.25, -0.2) is 0 Å². The Morgan fingerprint density at radius 1 is 0.267 bits per heavy atom. The maximum Gasteiger partial charge on any atom is 0.143 e. The Labute approximate surface area is 347 Å². The molecule has 0 atom stereocenters. The van der Waals surface area contributed by atoms with E-state index in [0.717, 1.165) is 49.8 Å². The lowest BCUT2D eigenvalue weighted by molar-refractivity contribution is 0.672. The topological polar surface area (TPSA) is 16.4 Å². The molecule has 0 aliphatic heterocycles. The molecule has 2 nitrogen and oxygen atoms in total. The zero-order valence-electron chi connectivity index (χ0n) is 32.7. The zero-order chi connectivity index (χ0) is 39.6. The van der Waals surface area contributed by atoms with Crippen LogP contribution in [-0.4, -0.2) is 0 Å². The van der Waals surface area contributed by atoms with Crippen LogP contribution in [0.4, 0.5) is 17.1 Å². The van der Waals surface area contributed by atoms with Gasteiger partial charge in [0.1, 0.15) is 11.2 Å². The van der Waals surface area contributed by atoms with Crippen molar-refractivity contribution in [1.29, 1.82) is 0 Å². The molecule has 1 aromatic heterocycles. The monoisotopic (exact) mass is 763 g/mol. The number of anilines is 3. The number of benzene rings is 11. The highest BCUT2D eigenvalue weighted by Gasteiger charge is 2.18. The van der Waals surface area contributed by atoms with Crippen molar-refractivity contribution in [2.24, 2.45) is 0 Å². The van der Waals surface area contributed by atoms with Gasteiger partial charge < -0.3 is 9.32 Å². The van der Waals surface area contributed by atoms with E-state index in [1.807, 2.05) is 12.1 Å². The summed E-state index contributed by atoms with van der Waals surface area (Å²) in [4.78, 5) is 2.37. The van der Waals surface area contributed by atoms with E-state index in [1.54, 1.807) is 0 Å². The fourth-order valence-electron chi connectivity index (χ4n) is 9.30. The Kier molecular flexibility index (Phi) is 7.89. The molecule has 0 radical (unpaired) electrons. The van der Waals surface area contributed by atoms with Crippen molar-refractivity contribution in [2.45, 2.75) is 0 Å². The number of nitrogens with zero attached hydrogens (tertiary/aromatic N) is 1. The van der Waals surface area contributed by atoms with E-state index in [0.29, 0.717) is 0 Å². The van der Waals surface area contributed by atoms with Crippen molar-refractivity contribution >= 4 is 82.1 Å². The van der Waals surface area contributed by atoms with E-state index in [9.17, 15) is 0 Å². The molecule has 0 saturated carbocycles. The number of furan rings is 1. The zero-order valence-corrected chi connectivity index (χ0v) is 32.7. The molecule has 0 saturated heterocycles. The summed E-state index contributed by atoms with van der Waals surface area (Å²) in [5.74, 6) is 0. The van der Waals surface area contributed by atoms with Crippen molar-refractivity contribution in [3.63, 3.8) is 0 Å². The van der Waals surface area contributed by atoms with Crippen molar-refractivity contribution < 1.29 is 4.42 Å². The second-order valence-corrected chi connectivity index (χ2v) is 15.7. The molecule has 0 N–H and O–H groups in total. The molecular weight excluding hydrogens is 727 g/mol. The van der Waals surface area contributed by atoms with Crippen molar-refractivity contribution in [3.8, 4) is 33.4 Å². The molecule has 0 unspecified atom stereocenters. The van der Waals surface area contributed by atoms with E-state index in [1.165, 1.54) is 65.7 Å². The van der Waals surface area contributed by atoms with Gasteiger partial charge in [-0.2, -0.15) is 0 Å². The van der Waals surface area contributed by atoms with Gasteiger partial charge in [0.15, 0.2) is 0 Å². The summed E-state index contributed by atoms with van der Waals surface area (Å²) < 4.78 is 6.45. The van der Waals surface area contributed by atoms with Gasteiger partial charge in [0.25, 0.3) is 0 Å². The van der Waals surface area contributed by atoms with Crippen LogP contribution >= 0.6 is 0 Å². The van der Waals surface area contributed by atoms with Gasteiger partial charge in [-0.3, -0.25) is 0 Å². The minimum Gasteiger partial charge on any atom is -0.455 e. The normalized spacial score (nSPS) is 11.7. The summed E-state index contributed by atoms with van der Waals surface area (Å²) in [5, 5.41) is 12.0. The Balaban J connectivity index is 0.992. The lowest BCUT2D eigenvalue weighted by Crippen LogP contribution is -2.10. The van der Waals surface area contributed by atoms with Crippen LogP contribution in [0.1, 0.15) is 0 Å². The summed E-state index contributed by atoms with van der Waals surface area (Å²) >= 11 is 0. The van der Waals surface area contributed by atoms with E-state index in [4.69, 9.17) is 4.42 Å². The minimum atomic E-state index is 0.910. The molecule has 280 valence electrons. The van der Waals surface area contributed by atoms with E-state index < -0.39 is 0 Å². The standard InChI is InChI=1S/C58H37NO/c1-2-12-38(13-3-1)40-22-23-42-35-46(30-26-41(42)34-40)59(47-31-33-50-44(36-47)27-32-55-54-20-10-11-21-57(54)60-58(50)55)45-28-24-39(25-29-45)48-15-6-7-18-52(48)56-37-43-14-4-5-16-49(43)51-17-8-9-19-53(51)56/h1-37H. The van der Waals surface area contributed by atoms with Crippen LogP contribution in [0.5, 0.6) is 0 Å². The first-order valence-electron chi connectivity index (χ1n) is 20.6. The first kappa shape index (κ1) is 34.1. The number of rotatable bonds is 6. The predicted molar refractivity (Wildman–Crippen MR) is 255 cm³/mol. The molecule has 12 rings (SSSR count). The first-order chi connectivity index (χ1) is 29.7. The van der Waals surface area contributed by atoms with Crippen LogP contribution in [0.15, 0.2) is 229 Å². The predicted octanol–water partition coefficient (Wildman–Crippen LogP) is 16.7. The van der Waals surface area contributed by atoms with Gasteiger partial charge in [0.2, 0.25) is 0 Å². The fraction of sp³-hybridized carbons (Fsp3) is 0. The van der Waals surface area contributed by atoms with Gasteiger partial charge in [-0.1, -0.05) is 158 Å². The molecular formula is C58H37NO. The Bertz CT molecular complexity index is 3600. The highest BCUT2D eigenvalue weighted by molar-refractivity contribution is 6.16. The second-order valence-electron chi connectivity index (χ2n) is 15.7. The number of hydrogen-bond acceptors (Lipinski definition) is 2. The molecule has 0 aliphatic rings. The third-order valence-corrected chi connectivity index (χ3v) is 12.2. The van der Waals surface area contributed by atoms with E-state index >= 15 is 0 Å². The van der Waals surface area contributed by atoms with Crippen LogP contribution < -0.4 is 4.90 Å². The van der Waals surface area contributed by atoms with E-state index in [2.05, 4.69) is 217 Å². The van der Waals surface area contributed by atoms with Gasteiger partial charge in [0, 0.05) is 33.2 Å². The van der Waals surface area contributed by atoms with Crippen LogP contribution in [0, 0.1) is 0 Å². The summed E-state index contributed by atoms with van der Waals surface area (Å²) in [7, 11) is 0. The molecule has 60 heavy (non-hydrogen) atoms. The summed E-state index contributed by atoms with van der Waals surface area (Å²) in [6.07, 6.45) is 0. The highest BCUT2D eigenvalue weighted by atomic mass is 16.3. The summed E-state index contributed by atoms with van der Waals surface area (Å²) in [6.45, 7) is 0. The third kappa shape index (κ3) is 5.65. The molecule has 12 aromatic rings. The van der Waals surface area contributed by atoms with Gasteiger partial charge >= 0.3 is 0 Å². The van der Waals surface area contributed by atoms with Crippen LogP contribution in [-0.2, 0) is 0 Å². The molecule has 0 amide bonds. The molecule has 2 heteroatoms. The SMILES string of the molecule is c1ccc(-c2ccc3cc(N(c4ccc(-c5ccccc5-c5cc6ccccc6c6ccccc56)cc4)c4ccc5c(ccc6c7ccccc7oc56)c4)ccc3c2)cc1. The Morgan fingerprint density at radius 3 is 1.68 bits per heavy atom. The Hall–Kier alpha value is -7.94. The quantitative estimate of drug-likeness (QED) is 0.157. The maximum absolute atomic E-state index is 6.45. The van der Waals surface area contributed by atoms with Crippen LogP contribution in [0.3, 0.4) is 0 Å².